The molecule has 2 aromatic carbocycles. The van der Waals surface area contributed by atoms with Gasteiger partial charge in [0.25, 0.3) is 11.8 Å². The molecule has 268 valence electrons. The summed E-state index contributed by atoms with van der Waals surface area (Å²) in [4.78, 5) is 48.8. The second kappa shape index (κ2) is 17.3. The molecule has 0 unspecified atom stereocenters. The molecule has 0 saturated carbocycles. The van der Waals surface area contributed by atoms with Gasteiger partial charge >= 0.3 is 0 Å². The molecule has 0 aliphatic heterocycles. The molecule has 0 aliphatic rings. The SMILES string of the molecule is CC(C)N(Cc1ccnc(-c2ccc(F)cc2)c1)C(=O)c1cnc[nH]1.CCn1cnc(C(=O)N(Cc2ccnc(-c3ccc(F)cc3)c2)C(C)C)c1. The van der Waals surface area contributed by atoms with Crippen molar-refractivity contribution in [3.8, 4) is 22.5 Å². The maximum Gasteiger partial charge on any atom is 0.274 e. The number of rotatable bonds is 11. The minimum Gasteiger partial charge on any atom is -0.341 e. The van der Waals surface area contributed by atoms with Gasteiger partial charge in [-0.25, -0.2) is 18.7 Å². The third-order valence-corrected chi connectivity index (χ3v) is 8.35. The fraction of sp³-hybridized carbons (Fsp3) is 0.250. The lowest BCUT2D eigenvalue weighted by Crippen LogP contribution is -2.36. The number of nitrogens with one attached hydrogen (secondary N) is 1. The van der Waals surface area contributed by atoms with E-state index in [1.807, 2.05) is 63.5 Å². The topological polar surface area (TPSA) is 113 Å². The number of nitrogens with zero attached hydrogens (tertiary/aromatic N) is 7. The van der Waals surface area contributed by atoms with Crippen LogP contribution in [-0.4, -0.2) is 63.2 Å². The van der Waals surface area contributed by atoms with E-state index in [0.29, 0.717) is 24.5 Å². The van der Waals surface area contributed by atoms with E-state index >= 15 is 0 Å². The number of aromatic amines is 1. The summed E-state index contributed by atoms with van der Waals surface area (Å²) in [6.45, 7) is 11.6. The largest absolute Gasteiger partial charge is 0.341 e. The van der Waals surface area contributed by atoms with Crippen LogP contribution < -0.4 is 0 Å². The predicted molar refractivity (Wildman–Crippen MR) is 196 cm³/mol. The van der Waals surface area contributed by atoms with Gasteiger partial charge in [0.15, 0.2) is 0 Å². The first-order valence-electron chi connectivity index (χ1n) is 17.1. The molecule has 1 N–H and O–H groups in total. The molecule has 0 saturated heterocycles. The Morgan fingerprint density at radius 1 is 0.731 bits per heavy atom. The maximum absolute atomic E-state index is 13.1. The number of pyridine rings is 2. The molecule has 6 aromatic rings. The van der Waals surface area contributed by atoms with E-state index in [9.17, 15) is 18.4 Å². The van der Waals surface area contributed by atoms with Crippen LogP contribution in [0.2, 0.25) is 0 Å². The van der Waals surface area contributed by atoms with Crippen molar-refractivity contribution in [1.29, 1.82) is 0 Å². The standard InChI is InChI=1S/C21H23FN4O.C19H19FN4O/c1-4-25-13-20(24-14-25)21(27)26(15(2)3)12-16-9-10-23-19(11-16)17-5-7-18(22)8-6-17;1-13(2)24(19(25)18-10-21-12-23-18)11-14-7-8-22-17(9-14)15-3-5-16(20)6-4-15/h5-11,13-15H,4,12H2,1-3H3;3-10,12-13H,11H2,1-2H3,(H,21,23). The lowest BCUT2D eigenvalue weighted by atomic mass is 10.1. The normalized spacial score (nSPS) is 10.9. The van der Waals surface area contributed by atoms with Gasteiger partial charge in [-0.15, -0.1) is 0 Å². The van der Waals surface area contributed by atoms with Crippen LogP contribution in [0.4, 0.5) is 8.78 Å². The van der Waals surface area contributed by atoms with Gasteiger partial charge in [-0.05, 0) is 119 Å². The fourth-order valence-electron chi connectivity index (χ4n) is 5.39. The van der Waals surface area contributed by atoms with Gasteiger partial charge in [0.1, 0.15) is 23.0 Å². The Kier molecular flexibility index (Phi) is 12.4. The number of hydrogen-bond acceptors (Lipinski definition) is 6. The minimum absolute atomic E-state index is 0.0201. The van der Waals surface area contributed by atoms with Crippen molar-refractivity contribution in [1.82, 2.24) is 39.3 Å². The summed E-state index contributed by atoms with van der Waals surface area (Å²) in [5.74, 6) is -0.765. The number of hydrogen-bond donors (Lipinski definition) is 1. The monoisotopic (exact) mass is 704 g/mol. The van der Waals surface area contributed by atoms with Crippen molar-refractivity contribution in [2.75, 3.05) is 0 Å². The Balaban J connectivity index is 0.000000202. The van der Waals surface area contributed by atoms with Gasteiger partial charge in [-0.1, -0.05) is 0 Å². The average Bonchev–Trinajstić information content (AvgIpc) is 3.87. The molecule has 4 heterocycles. The molecule has 52 heavy (non-hydrogen) atoms. The van der Waals surface area contributed by atoms with Crippen molar-refractivity contribution in [2.24, 2.45) is 0 Å². The van der Waals surface area contributed by atoms with Crippen LogP contribution in [0.15, 0.2) is 110 Å². The average molecular weight is 705 g/mol. The highest BCUT2D eigenvalue weighted by Crippen LogP contribution is 2.22. The molecule has 0 aliphatic carbocycles. The van der Waals surface area contributed by atoms with Crippen LogP contribution in [0.3, 0.4) is 0 Å². The second-order valence-corrected chi connectivity index (χ2v) is 12.7. The second-order valence-electron chi connectivity index (χ2n) is 12.7. The van der Waals surface area contributed by atoms with Crippen molar-refractivity contribution < 1.29 is 18.4 Å². The first kappa shape index (κ1) is 37.2. The van der Waals surface area contributed by atoms with Crippen LogP contribution in [0.1, 0.15) is 66.7 Å². The highest BCUT2D eigenvalue weighted by Gasteiger charge is 2.22. The highest BCUT2D eigenvalue weighted by atomic mass is 19.1. The van der Waals surface area contributed by atoms with Crippen LogP contribution >= 0.6 is 0 Å². The fourth-order valence-corrected chi connectivity index (χ4v) is 5.39. The zero-order valence-electron chi connectivity index (χ0n) is 29.9. The Labute approximate surface area is 302 Å². The molecule has 0 spiro atoms. The summed E-state index contributed by atoms with van der Waals surface area (Å²) in [5.41, 5.74) is 5.98. The summed E-state index contributed by atoms with van der Waals surface area (Å²) in [7, 11) is 0. The lowest BCUT2D eigenvalue weighted by Gasteiger charge is -2.26. The number of carbonyl (C=O) groups excluding carboxylic acids is 2. The van der Waals surface area contributed by atoms with E-state index in [-0.39, 0.29) is 35.5 Å². The number of halogens is 2. The number of carbonyl (C=O) groups is 2. The molecule has 2 amide bonds. The molecular weight excluding hydrogens is 662 g/mol. The van der Waals surface area contributed by atoms with Crippen molar-refractivity contribution in [3.05, 3.63) is 144 Å². The van der Waals surface area contributed by atoms with E-state index < -0.39 is 0 Å². The van der Waals surface area contributed by atoms with Crippen LogP contribution in [0, 0.1) is 11.6 Å². The van der Waals surface area contributed by atoms with Crippen LogP contribution in [-0.2, 0) is 19.6 Å². The van der Waals surface area contributed by atoms with Crippen molar-refractivity contribution >= 4 is 11.8 Å². The first-order chi connectivity index (χ1) is 25.0. The first-order valence-corrected chi connectivity index (χ1v) is 17.1. The van der Waals surface area contributed by atoms with E-state index in [2.05, 4.69) is 24.9 Å². The molecule has 0 bridgehead atoms. The molecular formula is C40H42F2N8O2. The number of benzene rings is 2. The van der Waals surface area contributed by atoms with E-state index in [0.717, 1.165) is 40.2 Å². The number of aromatic nitrogens is 6. The molecule has 0 radical (unpaired) electrons. The smallest absolute Gasteiger partial charge is 0.274 e. The summed E-state index contributed by atoms with van der Waals surface area (Å²) in [6, 6.07) is 20.1. The number of aryl methyl sites for hydroxylation is 1. The quantitative estimate of drug-likeness (QED) is 0.147. The molecule has 12 heteroatoms. The Hall–Kier alpha value is -6.04. The molecule has 0 atom stereocenters. The Morgan fingerprint density at radius 3 is 1.65 bits per heavy atom. The van der Waals surface area contributed by atoms with E-state index in [4.69, 9.17) is 0 Å². The summed E-state index contributed by atoms with van der Waals surface area (Å²) in [5, 5.41) is 0. The van der Waals surface area contributed by atoms with Crippen molar-refractivity contribution in [2.45, 2.75) is 66.3 Å². The number of H-pyrrole nitrogens is 1. The summed E-state index contributed by atoms with van der Waals surface area (Å²) >= 11 is 0. The third kappa shape index (κ3) is 9.59. The van der Waals surface area contributed by atoms with Crippen LogP contribution in [0.25, 0.3) is 22.5 Å². The zero-order valence-corrected chi connectivity index (χ0v) is 29.9. The molecule has 0 fully saturated rings. The van der Waals surface area contributed by atoms with E-state index in [1.165, 1.54) is 36.8 Å². The number of imidazole rings is 2. The van der Waals surface area contributed by atoms with Crippen LogP contribution in [0.5, 0.6) is 0 Å². The highest BCUT2D eigenvalue weighted by molar-refractivity contribution is 5.92. The van der Waals surface area contributed by atoms with Gasteiger partial charge in [0, 0.05) is 61.4 Å². The van der Waals surface area contributed by atoms with Gasteiger partial charge in [0.2, 0.25) is 0 Å². The Morgan fingerprint density at radius 2 is 1.23 bits per heavy atom. The predicted octanol–water partition coefficient (Wildman–Crippen LogP) is 7.82. The van der Waals surface area contributed by atoms with Crippen molar-refractivity contribution in [3.63, 3.8) is 0 Å². The van der Waals surface area contributed by atoms with E-state index in [1.54, 1.807) is 59.0 Å². The molecule has 10 nitrogen and oxygen atoms in total. The van der Waals surface area contributed by atoms with Gasteiger partial charge in [-0.3, -0.25) is 19.6 Å². The van der Waals surface area contributed by atoms with Gasteiger partial charge in [0.05, 0.1) is 30.2 Å². The summed E-state index contributed by atoms with van der Waals surface area (Å²) in [6.07, 6.45) is 9.87. The maximum atomic E-state index is 13.1. The van der Waals surface area contributed by atoms with Gasteiger partial charge in [-0.2, -0.15) is 0 Å². The van der Waals surface area contributed by atoms with Gasteiger partial charge < -0.3 is 19.4 Å². The number of amides is 2. The lowest BCUT2D eigenvalue weighted by molar-refractivity contribution is 0.0677. The molecule has 6 rings (SSSR count). The molecule has 4 aromatic heterocycles. The Bertz CT molecular complexity index is 2060. The zero-order chi connectivity index (χ0) is 37.2. The third-order valence-electron chi connectivity index (χ3n) is 8.35. The minimum atomic E-state index is -0.281. The summed E-state index contributed by atoms with van der Waals surface area (Å²) < 4.78 is 28.1.